The third kappa shape index (κ3) is 4.38. The predicted octanol–water partition coefficient (Wildman–Crippen LogP) is 11.5. The summed E-state index contributed by atoms with van der Waals surface area (Å²) in [6.07, 6.45) is 0. The molecule has 249 valence electrons. The fraction of sp³-hybridized carbons (Fsp3) is 0.143. The van der Waals surface area contributed by atoms with Gasteiger partial charge in [-0.25, -0.2) is 0 Å². The van der Waals surface area contributed by atoms with Crippen LogP contribution in [-0.4, -0.2) is 7.28 Å². The van der Waals surface area contributed by atoms with Crippen LogP contribution in [0.15, 0.2) is 146 Å². The Bertz CT molecular complexity index is 2600. The zero-order valence-corrected chi connectivity index (χ0v) is 30.4. The Kier molecular flexibility index (Phi) is 6.61. The summed E-state index contributed by atoms with van der Waals surface area (Å²) in [5.41, 5.74) is 22.4. The second kappa shape index (κ2) is 11.1. The molecule has 2 aliphatic heterocycles. The molecule has 2 nitrogen and oxygen atoms in total. The molecule has 1 N–H and O–H groups in total. The van der Waals surface area contributed by atoms with Gasteiger partial charge < -0.3 is 10.2 Å². The van der Waals surface area contributed by atoms with Gasteiger partial charge in [0, 0.05) is 39.1 Å². The Labute approximate surface area is 308 Å². The number of anilines is 5. The molecule has 3 aliphatic rings. The molecule has 0 bridgehead atoms. The van der Waals surface area contributed by atoms with Crippen molar-refractivity contribution in [3.05, 3.63) is 173 Å². The number of hydrogen-bond acceptors (Lipinski definition) is 2. The lowest BCUT2D eigenvalue weighted by Crippen LogP contribution is -2.45. The second-order valence-corrected chi connectivity index (χ2v) is 15.8. The summed E-state index contributed by atoms with van der Waals surface area (Å²) < 4.78 is 0. The van der Waals surface area contributed by atoms with Gasteiger partial charge in [-0.2, -0.15) is 0 Å². The smallest absolute Gasteiger partial charge is 0.197 e. The maximum Gasteiger partial charge on any atom is 0.197 e. The number of benzene rings is 7. The quantitative estimate of drug-likeness (QED) is 0.188. The third-order valence-corrected chi connectivity index (χ3v) is 11.9. The highest BCUT2D eigenvalue weighted by atomic mass is 15.2. The van der Waals surface area contributed by atoms with Crippen molar-refractivity contribution in [3.63, 3.8) is 0 Å². The van der Waals surface area contributed by atoms with Crippen LogP contribution in [0.5, 0.6) is 0 Å². The van der Waals surface area contributed by atoms with Crippen LogP contribution in [-0.2, 0) is 10.8 Å². The lowest BCUT2D eigenvalue weighted by atomic mass is 9.56. The van der Waals surface area contributed by atoms with Crippen molar-refractivity contribution in [2.24, 2.45) is 0 Å². The SMILES string of the molecule is Cc1cc(-c2ccc(-c3ccccc3)cc2Nc2cccc3c2C(C)(C)c2ccccc2-3)c2c(c1)N1c3ccccc3C(C)(C)c3cccc(c31)[B]2. The van der Waals surface area contributed by atoms with Crippen molar-refractivity contribution in [2.75, 3.05) is 10.2 Å². The molecule has 0 unspecified atom stereocenters. The van der Waals surface area contributed by atoms with E-state index in [-0.39, 0.29) is 10.8 Å². The van der Waals surface area contributed by atoms with E-state index in [2.05, 4.69) is 198 Å². The van der Waals surface area contributed by atoms with Crippen LogP contribution < -0.4 is 21.1 Å². The molecule has 0 aromatic heterocycles. The molecule has 0 amide bonds. The number of hydrogen-bond donors (Lipinski definition) is 1. The average Bonchev–Trinajstić information content (AvgIpc) is 3.40. The van der Waals surface area contributed by atoms with Crippen LogP contribution in [0.1, 0.15) is 55.5 Å². The van der Waals surface area contributed by atoms with Gasteiger partial charge in [-0.3, -0.25) is 0 Å². The number of nitrogens with zero attached hydrogens (tertiary/aromatic N) is 1. The highest BCUT2D eigenvalue weighted by molar-refractivity contribution is 6.73. The van der Waals surface area contributed by atoms with Crippen molar-refractivity contribution < 1.29 is 0 Å². The van der Waals surface area contributed by atoms with Gasteiger partial charge in [0.05, 0.1) is 5.69 Å². The molecule has 10 rings (SSSR count). The Morgan fingerprint density at radius 2 is 1.21 bits per heavy atom. The summed E-state index contributed by atoms with van der Waals surface area (Å²) in [5.74, 6) is 0. The fourth-order valence-electron chi connectivity index (χ4n) is 9.43. The van der Waals surface area contributed by atoms with Crippen LogP contribution in [0.3, 0.4) is 0 Å². The Morgan fingerprint density at radius 3 is 2.06 bits per heavy atom. The minimum Gasteiger partial charge on any atom is -0.355 e. The van der Waals surface area contributed by atoms with Gasteiger partial charge >= 0.3 is 0 Å². The van der Waals surface area contributed by atoms with Gasteiger partial charge in [0.2, 0.25) is 0 Å². The largest absolute Gasteiger partial charge is 0.355 e. The van der Waals surface area contributed by atoms with Crippen LogP contribution in [0.2, 0.25) is 0 Å². The summed E-state index contributed by atoms with van der Waals surface area (Å²) in [6.45, 7) is 11.7. The topological polar surface area (TPSA) is 15.3 Å². The molecule has 0 atom stereocenters. The third-order valence-electron chi connectivity index (χ3n) is 11.9. The van der Waals surface area contributed by atoms with E-state index in [1.165, 1.54) is 89.2 Å². The van der Waals surface area contributed by atoms with E-state index < -0.39 is 0 Å². The first-order valence-corrected chi connectivity index (χ1v) is 18.4. The number of fused-ring (bicyclic) bond motifs is 7. The van der Waals surface area contributed by atoms with Crippen LogP contribution in [0.4, 0.5) is 28.4 Å². The van der Waals surface area contributed by atoms with Gasteiger partial charge in [0.15, 0.2) is 7.28 Å². The minimum atomic E-state index is -0.139. The first-order chi connectivity index (χ1) is 25.2. The summed E-state index contributed by atoms with van der Waals surface area (Å²) in [4.78, 5) is 2.53. The maximum absolute atomic E-state index is 4.06. The van der Waals surface area contributed by atoms with E-state index in [0.717, 1.165) is 11.4 Å². The molecule has 1 aliphatic carbocycles. The average molecular weight is 668 g/mol. The van der Waals surface area contributed by atoms with Crippen molar-refractivity contribution in [3.8, 4) is 33.4 Å². The van der Waals surface area contributed by atoms with E-state index in [4.69, 9.17) is 0 Å². The highest BCUT2D eigenvalue weighted by Crippen LogP contribution is 2.54. The maximum atomic E-state index is 4.06. The molecule has 0 saturated heterocycles. The highest BCUT2D eigenvalue weighted by Gasteiger charge is 2.41. The lowest BCUT2D eigenvalue weighted by molar-refractivity contribution is 0.632. The van der Waals surface area contributed by atoms with E-state index >= 15 is 0 Å². The molecular formula is C49H40BN2. The number of para-hydroxylation sites is 2. The predicted molar refractivity (Wildman–Crippen MR) is 221 cm³/mol. The van der Waals surface area contributed by atoms with Crippen LogP contribution in [0, 0.1) is 6.92 Å². The standard InChI is InChI=1S/C49H40BN2/c1-30-27-36(46-44(28-30)52-43-24-12-11-20-38(43)48(2,3)39-21-14-22-40(50-46)47(39)52)34-26-25-32(31-15-7-6-8-16-31)29-42(34)51-41-23-13-18-35-33-17-9-10-19-37(33)49(4,5)45(35)41/h6-29,51H,1-5H3. The van der Waals surface area contributed by atoms with E-state index in [1.54, 1.807) is 0 Å². The Hall–Kier alpha value is -5.80. The van der Waals surface area contributed by atoms with Crippen molar-refractivity contribution >= 4 is 46.6 Å². The lowest BCUT2D eigenvalue weighted by Gasteiger charge is -2.46. The van der Waals surface area contributed by atoms with E-state index in [0.29, 0.717) is 0 Å². The van der Waals surface area contributed by atoms with Gasteiger partial charge in [-0.1, -0.05) is 154 Å². The van der Waals surface area contributed by atoms with E-state index in [9.17, 15) is 0 Å². The van der Waals surface area contributed by atoms with Gasteiger partial charge in [0.25, 0.3) is 0 Å². The second-order valence-electron chi connectivity index (χ2n) is 15.8. The molecule has 7 aromatic rings. The van der Waals surface area contributed by atoms with Crippen LogP contribution >= 0.6 is 0 Å². The molecule has 7 aromatic carbocycles. The first-order valence-electron chi connectivity index (χ1n) is 18.4. The molecular weight excluding hydrogens is 627 g/mol. The molecule has 52 heavy (non-hydrogen) atoms. The van der Waals surface area contributed by atoms with Crippen LogP contribution in [0.25, 0.3) is 33.4 Å². The molecule has 2 heterocycles. The molecule has 0 spiro atoms. The number of nitrogens with one attached hydrogen (secondary N) is 1. The summed E-state index contributed by atoms with van der Waals surface area (Å²) >= 11 is 0. The number of rotatable bonds is 4. The zero-order chi connectivity index (χ0) is 35.4. The summed E-state index contributed by atoms with van der Waals surface area (Å²) in [6, 6.07) is 53.9. The van der Waals surface area contributed by atoms with E-state index in [1.807, 2.05) is 0 Å². The van der Waals surface area contributed by atoms with Gasteiger partial charge in [0.1, 0.15) is 0 Å². The fourth-order valence-corrected chi connectivity index (χ4v) is 9.43. The Balaban J connectivity index is 1.19. The normalized spacial score (nSPS) is 15.1. The number of aryl methyl sites for hydroxylation is 1. The summed E-state index contributed by atoms with van der Waals surface area (Å²) in [7, 11) is 2.43. The molecule has 1 radical (unpaired) electrons. The zero-order valence-electron chi connectivity index (χ0n) is 30.4. The van der Waals surface area contributed by atoms with Gasteiger partial charge in [-0.15, -0.1) is 0 Å². The minimum absolute atomic E-state index is 0.107. The molecule has 0 saturated carbocycles. The monoisotopic (exact) mass is 667 g/mol. The molecule has 0 fully saturated rings. The first kappa shape index (κ1) is 31.0. The van der Waals surface area contributed by atoms with Crippen molar-refractivity contribution in [2.45, 2.75) is 45.4 Å². The molecule has 3 heteroatoms. The summed E-state index contributed by atoms with van der Waals surface area (Å²) in [5, 5.41) is 4.06. The van der Waals surface area contributed by atoms with Gasteiger partial charge in [-0.05, 0) is 92.3 Å². The van der Waals surface area contributed by atoms with Crippen molar-refractivity contribution in [1.82, 2.24) is 0 Å². The Morgan fingerprint density at radius 1 is 0.500 bits per heavy atom. The van der Waals surface area contributed by atoms with Crippen molar-refractivity contribution in [1.29, 1.82) is 0 Å².